The number of carbonyl (C=O) groups excluding carboxylic acids is 2. The van der Waals surface area contributed by atoms with Crippen molar-refractivity contribution in [2.75, 3.05) is 27.4 Å². The average Bonchev–Trinajstić information content (AvgIpc) is 3.20. The zero-order chi connectivity index (χ0) is 17.6. The Labute approximate surface area is 147 Å². The van der Waals surface area contributed by atoms with Crippen molar-refractivity contribution in [2.45, 2.75) is 31.7 Å². The van der Waals surface area contributed by atoms with Crippen LogP contribution in [0.5, 0.6) is 11.5 Å². The predicted octanol–water partition coefficient (Wildman–Crippen LogP) is 1.67. The Hall–Kier alpha value is -2.24. The maximum atomic E-state index is 12.7. The van der Waals surface area contributed by atoms with Crippen LogP contribution >= 0.6 is 0 Å². The van der Waals surface area contributed by atoms with E-state index in [4.69, 9.17) is 9.47 Å². The third kappa shape index (κ3) is 3.05. The zero-order valence-corrected chi connectivity index (χ0v) is 14.7. The van der Waals surface area contributed by atoms with Crippen LogP contribution in [0.4, 0.5) is 0 Å². The summed E-state index contributed by atoms with van der Waals surface area (Å²) in [6.45, 7) is 1.06. The van der Waals surface area contributed by atoms with E-state index in [1.165, 1.54) is 0 Å². The Morgan fingerprint density at radius 3 is 2.84 bits per heavy atom. The van der Waals surface area contributed by atoms with Crippen LogP contribution in [0.3, 0.4) is 0 Å². The molecular formula is C19H24N2O4. The molecule has 134 valence electrons. The maximum Gasteiger partial charge on any atom is 0.231 e. The highest BCUT2D eigenvalue weighted by Gasteiger charge is 2.42. The van der Waals surface area contributed by atoms with E-state index in [9.17, 15) is 9.59 Å². The van der Waals surface area contributed by atoms with Gasteiger partial charge >= 0.3 is 0 Å². The number of rotatable bonds is 3. The summed E-state index contributed by atoms with van der Waals surface area (Å²) in [6.07, 6.45) is 2.92. The van der Waals surface area contributed by atoms with Crippen molar-refractivity contribution < 1.29 is 19.1 Å². The van der Waals surface area contributed by atoms with Gasteiger partial charge in [-0.15, -0.1) is 0 Å². The molecule has 6 nitrogen and oxygen atoms in total. The van der Waals surface area contributed by atoms with Gasteiger partial charge < -0.3 is 19.3 Å². The second kappa shape index (κ2) is 6.24. The van der Waals surface area contributed by atoms with Crippen LogP contribution in [0.2, 0.25) is 0 Å². The molecule has 3 atom stereocenters. The Balaban J connectivity index is 1.39. The van der Waals surface area contributed by atoms with Gasteiger partial charge in [0.25, 0.3) is 0 Å². The second-order valence-electron chi connectivity index (χ2n) is 7.49. The van der Waals surface area contributed by atoms with Crippen molar-refractivity contribution in [3.05, 3.63) is 23.8 Å². The van der Waals surface area contributed by atoms with Gasteiger partial charge in [-0.25, -0.2) is 0 Å². The van der Waals surface area contributed by atoms with E-state index in [1.807, 2.05) is 42.1 Å². The number of ether oxygens (including phenoxy) is 2. The van der Waals surface area contributed by atoms with Crippen molar-refractivity contribution in [3.8, 4) is 11.5 Å². The van der Waals surface area contributed by atoms with Crippen LogP contribution in [-0.2, 0) is 16.0 Å². The lowest BCUT2D eigenvalue weighted by atomic mass is 9.88. The number of piperidine rings is 1. The summed E-state index contributed by atoms with van der Waals surface area (Å²) in [6, 6.07) is 5.89. The minimum atomic E-state index is 0.113. The largest absolute Gasteiger partial charge is 0.454 e. The highest BCUT2D eigenvalue weighted by Crippen LogP contribution is 2.40. The van der Waals surface area contributed by atoms with Gasteiger partial charge in [0.15, 0.2) is 11.5 Å². The summed E-state index contributed by atoms with van der Waals surface area (Å²) >= 11 is 0. The number of likely N-dealkylation sites (N-methyl/N-ethyl adjacent to an activating group) is 1. The van der Waals surface area contributed by atoms with Crippen LogP contribution < -0.4 is 9.47 Å². The molecule has 1 saturated carbocycles. The van der Waals surface area contributed by atoms with Crippen molar-refractivity contribution in [1.82, 2.24) is 9.80 Å². The van der Waals surface area contributed by atoms with Crippen LogP contribution in [0.25, 0.3) is 0 Å². The third-order valence-electron chi connectivity index (χ3n) is 5.92. The fourth-order valence-corrected chi connectivity index (χ4v) is 4.36. The Kier molecular flexibility index (Phi) is 4.06. The van der Waals surface area contributed by atoms with Gasteiger partial charge in [0, 0.05) is 33.1 Å². The molecule has 1 aliphatic carbocycles. The van der Waals surface area contributed by atoms with E-state index < -0.39 is 0 Å². The molecule has 0 spiro atoms. The minimum absolute atomic E-state index is 0.113. The lowest BCUT2D eigenvalue weighted by Gasteiger charge is -2.31. The molecule has 0 unspecified atom stereocenters. The smallest absolute Gasteiger partial charge is 0.231 e. The molecule has 3 aliphatic rings. The van der Waals surface area contributed by atoms with Crippen LogP contribution in [0.15, 0.2) is 18.2 Å². The monoisotopic (exact) mass is 344 g/mol. The van der Waals surface area contributed by atoms with Gasteiger partial charge in [0.05, 0.1) is 6.42 Å². The number of hydrogen-bond acceptors (Lipinski definition) is 4. The first kappa shape index (κ1) is 16.2. The summed E-state index contributed by atoms with van der Waals surface area (Å²) in [5.74, 6) is 2.74. The minimum Gasteiger partial charge on any atom is -0.454 e. The maximum absolute atomic E-state index is 12.7. The van der Waals surface area contributed by atoms with Gasteiger partial charge in [0.1, 0.15) is 0 Å². The molecule has 0 N–H and O–H groups in total. The molecular weight excluding hydrogens is 320 g/mol. The molecule has 2 aliphatic heterocycles. The number of benzene rings is 1. The van der Waals surface area contributed by atoms with Crippen molar-refractivity contribution in [2.24, 2.45) is 11.8 Å². The number of nitrogens with zero attached hydrogens (tertiary/aromatic N) is 2. The normalized spacial score (nSPS) is 27.4. The highest BCUT2D eigenvalue weighted by atomic mass is 16.7. The van der Waals surface area contributed by atoms with Crippen molar-refractivity contribution >= 4 is 11.8 Å². The van der Waals surface area contributed by atoms with Crippen molar-refractivity contribution in [3.63, 3.8) is 0 Å². The molecule has 2 heterocycles. The van der Waals surface area contributed by atoms with E-state index in [0.29, 0.717) is 30.4 Å². The molecule has 0 radical (unpaired) electrons. The van der Waals surface area contributed by atoms with Gasteiger partial charge in [-0.05, 0) is 42.4 Å². The third-order valence-corrected chi connectivity index (χ3v) is 5.92. The van der Waals surface area contributed by atoms with Gasteiger partial charge in [0.2, 0.25) is 18.6 Å². The summed E-state index contributed by atoms with van der Waals surface area (Å²) in [7, 11) is 3.77. The van der Waals surface area contributed by atoms with E-state index in [1.54, 1.807) is 0 Å². The van der Waals surface area contributed by atoms with Gasteiger partial charge in [-0.2, -0.15) is 0 Å². The SMILES string of the molecule is CN1C[C@H]2C[C@@H](N(C)C(=O)Cc3ccc4c(c3)OCO4)C[C@H]2CC1=O. The number of hydrogen-bond donors (Lipinski definition) is 0. The molecule has 4 rings (SSSR count). The Morgan fingerprint density at radius 1 is 1.24 bits per heavy atom. The van der Waals surface area contributed by atoms with E-state index >= 15 is 0 Å². The standard InChI is InChI=1S/C19H24N2O4/c1-20-10-14-8-15(7-13(14)9-18(20)22)21(2)19(23)6-12-3-4-16-17(5-12)25-11-24-16/h3-5,13-15H,6-11H2,1-2H3/t13-,14+,15-/m0/s1. The molecule has 6 heteroatoms. The molecule has 25 heavy (non-hydrogen) atoms. The highest BCUT2D eigenvalue weighted by molar-refractivity contribution is 5.79. The summed E-state index contributed by atoms with van der Waals surface area (Å²) in [5, 5.41) is 0. The summed E-state index contributed by atoms with van der Waals surface area (Å²) in [5.41, 5.74) is 0.937. The molecule has 1 aromatic carbocycles. The van der Waals surface area contributed by atoms with Crippen LogP contribution in [0, 0.1) is 11.8 Å². The predicted molar refractivity (Wildman–Crippen MR) is 91.3 cm³/mol. The van der Waals surface area contributed by atoms with Crippen LogP contribution in [-0.4, -0.2) is 55.1 Å². The lowest BCUT2D eigenvalue weighted by Crippen LogP contribution is -2.40. The quantitative estimate of drug-likeness (QED) is 0.837. The average molecular weight is 344 g/mol. The Bertz CT molecular complexity index is 705. The first-order chi connectivity index (χ1) is 12.0. The fraction of sp³-hybridized carbons (Fsp3) is 0.579. The number of fused-ring (bicyclic) bond motifs is 2. The first-order valence-corrected chi connectivity index (χ1v) is 8.89. The topological polar surface area (TPSA) is 59.1 Å². The van der Waals surface area contributed by atoms with E-state index in [0.717, 1.165) is 30.7 Å². The van der Waals surface area contributed by atoms with E-state index in [2.05, 4.69) is 0 Å². The molecule has 0 aromatic heterocycles. The van der Waals surface area contributed by atoms with Crippen molar-refractivity contribution in [1.29, 1.82) is 0 Å². The molecule has 2 fully saturated rings. The molecule has 1 aromatic rings. The molecule has 1 saturated heterocycles. The van der Waals surface area contributed by atoms with E-state index in [-0.39, 0.29) is 24.6 Å². The summed E-state index contributed by atoms with van der Waals surface area (Å²) in [4.78, 5) is 28.3. The Morgan fingerprint density at radius 2 is 2.00 bits per heavy atom. The number of amides is 2. The van der Waals surface area contributed by atoms with Gasteiger partial charge in [-0.1, -0.05) is 6.07 Å². The van der Waals surface area contributed by atoms with Gasteiger partial charge in [-0.3, -0.25) is 9.59 Å². The molecule has 2 amide bonds. The summed E-state index contributed by atoms with van der Waals surface area (Å²) < 4.78 is 10.7. The molecule has 0 bridgehead atoms. The lowest BCUT2D eigenvalue weighted by molar-refractivity contribution is -0.135. The van der Waals surface area contributed by atoms with Crippen LogP contribution in [0.1, 0.15) is 24.8 Å². The number of carbonyl (C=O) groups is 2. The number of likely N-dealkylation sites (tertiary alicyclic amines) is 1. The fourth-order valence-electron chi connectivity index (χ4n) is 4.36. The second-order valence-corrected chi connectivity index (χ2v) is 7.49. The first-order valence-electron chi connectivity index (χ1n) is 8.89. The zero-order valence-electron chi connectivity index (χ0n) is 14.7.